The van der Waals surface area contributed by atoms with Gasteiger partial charge in [-0.05, 0) is 24.7 Å². The molecule has 1 heterocycles. The van der Waals surface area contributed by atoms with Gasteiger partial charge in [-0.2, -0.15) is 0 Å². The van der Waals surface area contributed by atoms with Crippen LogP contribution in [-0.4, -0.2) is 33.4 Å². The van der Waals surface area contributed by atoms with Crippen molar-refractivity contribution in [2.75, 3.05) is 20.4 Å². The first kappa shape index (κ1) is 14.0. The van der Waals surface area contributed by atoms with Crippen LogP contribution in [0.2, 0.25) is 19.6 Å². The van der Waals surface area contributed by atoms with Crippen LogP contribution in [0.25, 0.3) is 0 Å². The van der Waals surface area contributed by atoms with Crippen LogP contribution in [0.15, 0.2) is 18.2 Å². The van der Waals surface area contributed by atoms with Gasteiger partial charge in [0.15, 0.2) is 11.5 Å². The molecule has 1 aromatic rings. The van der Waals surface area contributed by atoms with E-state index in [1.165, 1.54) is 5.56 Å². The van der Waals surface area contributed by atoms with Gasteiger partial charge >= 0.3 is 0 Å². The number of nitrogens with zero attached hydrogens (tertiary/aromatic N) is 1. The van der Waals surface area contributed by atoms with Gasteiger partial charge in [-0.25, -0.2) is 0 Å². The Bertz CT molecular complexity index is 511. The van der Waals surface area contributed by atoms with Crippen LogP contribution >= 0.6 is 0 Å². The molecule has 0 amide bonds. The first-order valence-corrected chi connectivity index (χ1v) is 10.0. The SMILES string of the molecule is CN(CC#C[Si](C)(C)C)Cc1ccc2c(c1)OCO2. The molecule has 0 atom stereocenters. The average molecular weight is 275 g/mol. The van der Waals surface area contributed by atoms with E-state index in [0.717, 1.165) is 24.6 Å². The molecule has 102 valence electrons. The molecule has 0 aliphatic carbocycles. The topological polar surface area (TPSA) is 21.7 Å². The first-order chi connectivity index (χ1) is 8.94. The second-order valence-electron chi connectivity index (χ2n) is 5.91. The molecule has 2 rings (SSSR count). The lowest BCUT2D eigenvalue weighted by Crippen LogP contribution is -2.20. The van der Waals surface area contributed by atoms with Crippen LogP contribution in [0, 0.1) is 11.5 Å². The molecule has 0 radical (unpaired) electrons. The highest BCUT2D eigenvalue weighted by Crippen LogP contribution is 2.32. The number of fused-ring (bicyclic) bond motifs is 1. The Morgan fingerprint density at radius 2 is 1.95 bits per heavy atom. The summed E-state index contributed by atoms with van der Waals surface area (Å²) in [5, 5.41) is 0. The van der Waals surface area contributed by atoms with Crippen LogP contribution in [-0.2, 0) is 6.54 Å². The summed E-state index contributed by atoms with van der Waals surface area (Å²) in [5.74, 6) is 4.96. The zero-order chi connectivity index (χ0) is 13.9. The van der Waals surface area contributed by atoms with Crippen molar-refractivity contribution in [2.24, 2.45) is 0 Å². The summed E-state index contributed by atoms with van der Waals surface area (Å²) in [6, 6.07) is 6.10. The number of benzene rings is 1. The Kier molecular flexibility index (Phi) is 4.18. The highest BCUT2D eigenvalue weighted by Gasteiger charge is 2.13. The van der Waals surface area contributed by atoms with Crippen LogP contribution in [0.4, 0.5) is 0 Å². The van der Waals surface area contributed by atoms with Crippen molar-refractivity contribution in [3.63, 3.8) is 0 Å². The van der Waals surface area contributed by atoms with E-state index in [-0.39, 0.29) is 0 Å². The van der Waals surface area contributed by atoms with Crippen molar-refractivity contribution in [1.29, 1.82) is 0 Å². The fourth-order valence-corrected chi connectivity index (χ4v) is 2.46. The van der Waals surface area contributed by atoms with E-state index in [9.17, 15) is 0 Å². The molecule has 19 heavy (non-hydrogen) atoms. The minimum atomic E-state index is -1.25. The molecule has 0 saturated carbocycles. The molecular weight excluding hydrogens is 254 g/mol. The van der Waals surface area contributed by atoms with Crippen LogP contribution in [0.3, 0.4) is 0 Å². The number of ether oxygens (including phenoxy) is 2. The molecule has 1 aliphatic heterocycles. The maximum absolute atomic E-state index is 5.38. The van der Waals surface area contributed by atoms with Crippen molar-refractivity contribution in [3.05, 3.63) is 23.8 Å². The first-order valence-electron chi connectivity index (χ1n) is 6.51. The van der Waals surface area contributed by atoms with Gasteiger partial charge in [0.05, 0.1) is 6.54 Å². The van der Waals surface area contributed by atoms with E-state index in [0.29, 0.717) is 6.79 Å². The third-order valence-corrected chi connectivity index (χ3v) is 3.63. The molecule has 0 bridgehead atoms. The fourth-order valence-electron chi connectivity index (χ4n) is 1.85. The highest BCUT2D eigenvalue weighted by atomic mass is 28.3. The molecule has 0 aromatic heterocycles. The minimum Gasteiger partial charge on any atom is -0.454 e. The Balaban J connectivity index is 1.92. The maximum atomic E-state index is 5.38. The quantitative estimate of drug-likeness (QED) is 0.625. The number of hydrogen-bond acceptors (Lipinski definition) is 3. The lowest BCUT2D eigenvalue weighted by atomic mass is 10.2. The van der Waals surface area contributed by atoms with Gasteiger partial charge in [0.2, 0.25) is 6.79 Å². The van der Waals surface area contributed by atoms with E-state index in [1.54, 1.807) is 0 Å². The maximum Gasteiger partial charge on any atom is 0.231 e. The van der Waals surface area contributed by atoms with Crippen molar-refractivity contribution in [2.45, 2.75) is 26.2 Å². The van der Waals surface area contributed by atoms with Gasteiger partial charge in [0.25, 0.3) is 0 Å². The van der Waals surface area contributed by atoms with Crippen molar-refractivity contribution < 1.29 is 9.47 Å². The monoisotopic (exact) mass is 275 g/mol. The van der Waals surface area contributed by atoms with Crippen molar-refractivity contribution >= 4 is 8.07 Å². The van der Waals surface area contributed by atoms with Crippen molar-refractivity contribution in [1.82, 2.24) is 4.90 Å². The molecule has 0 spiro atoms. The van der Waals surface area contributed by atoms with Gasteiger partial charge in [0.1, 0.15) is 8.07 Å². The second kappa shape index (κ2) is 5.68. The molecule has 1 aliphatic rings. The standard InChI is InChI=1S/C15H21NO2Si/c1-16(8-5-9-19(2,3)4)11-13-6-7-14-15(10-13)18-12-17-14/h6-7,10H,8,11-12H2,1-4H3. The summed E-state index contributed by atoms with van der Waals surface area (Å²) >= 11 is 0. The molecule has 0 N–H and O–H groups in total. The fraction of sp³-hybridized carbons (Fsp3) is 0.467. The van der Waals surface area contributed by atoms with E-state index >= 15 is 0 Å². The third kappa shape index (κ3) is 4.30. The van der Waals surface area contributed by atoms with Gasteiger partial charge in [-0.3, -0.25) is 4.90 Å². The predicted molar refractivity (Wildman–Crippen MR) is 80.0 cm³/mol. The number of rotatable bonds is 3. The lowest BCUT2D eigenvalue weighted by molar-refractivity contribution is 0.174. The Hall–Kier alpha value is -1.44. The Labute approximate surface area is 116 Å². The molecule has 0 unspecified atom stereocenters. The molecule has 1 aromatic carbocycles. The molecule has 3 nitrogen and oxygen atoms in total. The molecule has 0 fully saturated rings. The summed E-state index contributed by atoms with van der Waals surface area (Å²) in [6.45, 7) is 8.79. The second-order valence-corrected chi connectivity index (χ2v) is 10.7. The average Bonchev–Trinajstić information content (AvgIpc) is 2.74. The summed E-state index contributed by atoms with van der Waals surface area (Å²) in [4.78, 5) is 2.21. The van der Waals surface area contributed by atoms with Crippen LogP contribution in [0.5, 0.6) is 11.5 Å². The number of hydrogen-bond donors (Lipinski definition) is 0. The van der Waals surface area contributed by atoms with Crippen molar-refractivity contribution in [3.8, 4) is 23.0 Å². The molecule has 4 heteroatoms. The Morgan fingerprint density at radius 3 is 2.68 bits per heavy atom. The smallest absolute Gasteiger partial charge is 0.231 e. The largest absolute Gasteiger partial charge is 0.454 e. The zero-order valence-electron chi connectivity index (χ0n) is 12.1. The minimum absolute atomic E-state index is 0.330. The van der Waals surface area contributed by atoms with Gasteiger partial charge in [0, 0.05) is 6.54 Å². The summed E-state index contributed by atoms with van der Waals surface area (Å²) in [6.07, 6.45) is 0. The van der Waals surface area contributed by atoms with Gasteiger partial charge in [-0.15, -0.1) is 5.54 Å². The summed E-state index contributed by atoms with van der Waals surface area (Å²) in [7, 11) is 0.832. The molecule has 0 saturated heterocycles. The normalized spacial score (nSPS) is 13.3. The van der Waals surface area contributed by atoms with E-state index < -0.39 is 8.07 Å². The van der Waals surface area contributed by atoms with Gasteiger partial charge in [-0.1, -0.05) is 31.6 Å². The van der Waals surface area contributed by atoms with Crippen LogP contribution in [0.1, 0.15) is 5.56 Å². The van der Waals surface area contributed by atoms with Gasteiger partial charge < -0.3 is 9.47 Å². The highest BCUT2D eigenvalue weighted by molar-refractivity contribution is 6.83. The van der Waals surface area contributed by atoms with E-state index in [1.807, 2.05) is 12.1 Å². The lowest BCUT2D eigenvalue weighted by Gasteiger charge is -2.14. The third-order valence-electron chi connectivity index (χ3n) is 2.70. The molecular formula is C15H21NO2Si. The predicted octanol–water partition coefficient (Wildman–Crippen LogP) is 2.73. The summed E-state index contributed by atoms with van der Waals surface area (Å²) < 4.78 is 10.7. The van der Waals surface area contributed by atoms with E-state index in [2.05, 4.69) is 49.1 Å². The zero-order valence-corrected chi connectivity index (χ0v) is 13.1. The summed E-state index contributed by atoms with van der Waals surface area (Å²) in [5.41, 5.74) is 4.61. The van der Waals surface area contributed by atoms with Crippen LogP contribution < -0.4 is 9.47 Å². The van der Waals surface area contributed by atoms with E-state index in [4.69, 9.17) is 9.47 Å². The Morgan fingerprint density at radius 1 is 1.21 bits per heavy atom.